The minimum Gasteiger partial charge on any atom is -0.487 e. The lowest BCUT2D eigenvalue weighted by atomic mass is 9.76. The van der Waals surface area contributed by atoms with Gasteiger partial charge in [-0.05, 0) is 55.7 Å². The van der Waals surface area contributed by atoms with Gasteiger partial charge in [-0.25, -0.2) is 4.39 Å². The molecule has 1 aromatic rings. The summed E-state index contributed by atoms with van der Waals surface area (Å²) in [7, 11) is 0. The molecule has 4 unspecified atom stereocenters. The third-order valence-corrected chi connectivity index (χ3v) is 5.17. The first-order valence-corrected chi connectivity index (χ1v) is 6.90. The van der Waals surface area contributed by atoms with Crippen LogP contribution in [0.2, 0.25) is 0 Å². The lowest BCUT2D eigenvalue weighted by molar-refractivity contribution is -0.0142. The maximum Gasteiger partial charge on any atom is 0.125 e. The van der Waals surface area contributed by atoms with Crippen molar-refractivity contribution in [2.75, 3.05) is 0 Å². The first-order chi connectivity index (χ1) is 8.66. The summed E-state index contributed by atoms with van der Waals surface area (Å²) in [6.45, 7) is 0. The van der Waals surface area contributed by atoms with Crippen LogP contribution in [0, 0.1) is 17.7 Å². The zero-order chi connectivity index (χ0) is 12.3. The van der Waals surface area contributed by atoms with E-state index in [-0.39, 0.29) is 17.5 Å². The predicted molar refractivity (Wildman–Crippen MR) is 66.8 cm³/mol. The molecule has 2 fully saturated rings. The maximum absolute atomic E-state index is 13.3. The van der Waals surface area contributed by atoms with E-state index in [9.17, 15) is 4.39 Å². The zero-order valence-electron chi connectivity index (χ0n) is 10.4. The Balaban J connectivity index is 1.74. The molecule has 96 valence electrons. The highest BCUT2D eigenvalue weighted by Gasteiger charge is 2.55. The molecule has 2 bridgehead atoms. The normalized spacial score (nSPS) is 40.9. The molecule has 3 aliphatic rings. The third kappa shape index (κ3) is 1.37. The summed E-state index contributed by atoms with van der Waals surface area (Å²) < 4.78 is 19.6. The number of hydrogen-bond acceptors (Lipinski definition) is 2. The van der Waals surface area contributed by atoms with E-state index in [0.717, 1.165) is 30.1 Å². The molecule has 0 saturated heterocycles. The van der Waals surface area contributed by atoms with Gasteiger partial charge in [0, 0.05) is 18.0 Å². The van der Waals surface area contributed by atoms with E-state index in [4.69, 9.17) is 10.5 Å². The van der Waals surface area contributed by atoms with Crippen molar-refractivity contribution in [3.63, 3.8) is 0 Å². The zero-order valence-corrected chi connectivity index (χ0v) is 10.4. The first-order valence-electron chi connectivity index (χ1n) is 6.90. The van der Waals surface area contributed by atoms with Gasteiger partial charge in [-0.2, -0.15) is 0 Å². The van der Waals surface area contributed by atoms with Gasteiger partial charge in [0.2, 0.25) is 0 Å². The van der Waals surface area contributed by atoms with Gasteiger partial charge >= 0.3 is 0 Å². The Morgan fingerprint density at radius 1 is 1.28 bits per heavy atom. The van der Waals surface area contributed by atoms with E-state index in [1.54, 1.807) is 6.07 Å². The van der Waals surface area contributed by atoms with Crippen molar-refractivity contribution in [1.82, 2.24) is 0 Å². The first kappa shape index (κ1) is 10.8. The van der Waals surface area contributed by atoms with Gasteiger partial charge in [0.25, 0.3) is 0 Å². The van der Waals surface area contributed by atoms with Crippen LogP contribution in [0.25, 0.3) is 0 Å². The van der Waals surface area contributed by atoms with Crippen molar-refractivity contribution in [2.24, 2.45) is 17.6 Å². The summed E-state index contributed by atoms with van der Waals surface area (Å²) in [4.78, 5) is 0. The van der Waals surface area contributed by atoms with Crippen LogP contribution in [0.1, 0.15) is 43.7 Å². The van der Waals surface area contributed by atoms with E-state index in [1.165, 1.54) is 31.4 Å². The number of halogens is 1. The van der Waals surface area contributed by atoms with Gasteiger partial charge in [0.05, 0.1) is 0 Å². The lowest BCUT2D eigenvalue weighted by Gasteiger charge is -2.44. The van der Waals surface area contributed by atoms with Gasteiger partial charge in [-0.15, -0.1) is 0 Å². The Morgan fingerprint density at radius 2 is 2.17 bits per heavy atom. The van der Waals surface area contributed by atoms with Crippen molar-refractivity contribution in [3.8, 4) is 5.75 Å². The van der Waals surface area contributed by atoms with Crippen LogP contribution in [0.5, 0.6) is 5.75 Å². The molecule has 1 aromatic carbocycles. The van der Waals surface area contributed by atoms with Crippen molar-refractivity contribution in [3.05, 3.63) is 29.6 Å². The summed E-state index contributed by atoms with van der Waals surface area (Å²) in [5.41, 5.74) is 7.04. The van der Waals surface area contributed by atoms with Crippen molar-refractivity contribution in [2.45, 2.75) is 43.7 Å². The van der Waals surface area contributed by atoms with Gasteiger partial charge in [0.15, 0.2) is 0 Å². The number of nitrogens with two attached hydrogens (primary N) is 1. The van der Waals surface area contributed by atoms with E-state index in [2.05, 4.69) is 0 Å². The topological polar surface area (TPSA) is 35.2 Å². The summed E-state index contributed by atoms with van der Waals surface area (Å²) >= 11 is 0. The van der Waals surface area contributed by atoms with Crippen LogP contribution in [0.3, 0.4) is 0 Å². The molecular weight excluding hydrogens is 229 g/mol. The SMILES string of the molecule is NC1CC2(CC3CCC2C3)Oc2ccc(F)cc21. The third-order valence-electron chi connectivity index (χ3n) is 5.17. The summed E-state index contributed by atoms with van der Waals surface area (Å²) in [6.07, 6.45) is 5.91. The number of hydrogen-bond donors (Lipinski definition) is 1. The molecule has 4 atom stereocenters. The van der Waals surface area contributed by atoms with Crippen molar-refractivity contribution >= 4 is 0 Å². The second-order valence-electron chi connectivity index (χ2n) is 6.24. The van der Waals surface area contributed by atoms with Crippen LogP contribution in [-0.2, 0) is 0 Å². The van der Waals surface area contributed by atoms with Crippen LogP contribution in [0.15, 0.2) is 18.2 Å². The Bertz CT molecular complexity index is 503. The molecule has 1 spiro atoms. The molecule has 1 aliphatic heterocycles. The quantitative estimate of drug-likeness (QED) is 0.764. The standard InChI is InChI=1S/C15H18FNO/c16-11-3-4-14-12(6-11)13(17)8-15(18-14)7-9-1-2-10(15)5-9/h3-4,6,9-10,13H,1-2,5,7-8,17H2. The Labute approximate surface area is 106 Å². The van der Waals surface area contributed by atoms with E-state index in [1.807, 2.05) is 0 Å². The van der Waals surface area contributed by atoms with Crippen LogP contribution in [0.4, 0.5) is 4.39 Å². The van der Waals surface area contributed by atoms with Crippen LogP contribution in [-0.4, -0.2) is 5.60 Å². The Kier molecular flexibility index (Phi) is 2.08. The highest BCUT2D eigenvalue weighted by molar-refractivity contribution is 5.40. The second-order valence-corrected chi connectivity index (χ2v) is 6.24. The average Bonchev–Trinajstić information content (AvgIpc) is 2.91. The fourth-order valence-corrected chi connectivity index (χ4v) is 4.41. The molecule has 0 aromatic heterocycles. The predicted octanol–water partition coefficient (Wildman–Crippen LogP) is 3.17. The Morgan fingerprint density at radius 3 is 2.89 bits per heavy atom. The van der Waals surface area contributed by atoms with Crippen LogP contribution >= 0.6 is 0 Å². The minimum atomic E-state index is -0.225. The lowest BCUT2D eigenvalue weighted by Crippen LogP contribution is -2.47. The number of benzene rings is 1. The van der Waals surface area contributed by atoms with Gasteiger partial charge in [0.1, 0.15) is 17.2 Å². The fourth-order valence-electron chi connectivity index (χ4n) is 4.41. The van der Waals surface area contributed by atoms with E-state index >= 15 is 0 Å². The molecule has 0 amide bonds. The van der Waals surface area contributed by atoms with E-state index in [0.29, 0.717) is 5.92 Å². The highest BCUT2D eigenvalue weighted by atomic mass is 19.1. The smallest absolute Gasteiger partial charge is 0.125 e. The second kappa shape index (κ2) is 3.47. The monoisotopic (exact) mass is 247 g/mol. The number of ether oxygens (including phenoxy) is 1. The maximum atomic E-state index is 13.3. The molecule has 2 N–H and O–H groups in total. The molecule has 0 radical (unpaired) electrons. The summed E-state index contributed by atoms with van der Waals surface area (Å²) in [5, 5.41) is 0. The molecule has 2 aliphatic carbocycles. The van der Waals surface area contributed by atoms with Crippen LogP contribution < -0.4 is 10.5 Å². The molecule has 2 nitrogen and oxygen atoms in total. The summed E-state index contributed by atoms with van der Waals surface area (Å²) in [5.74, 6) is 2.07. The molecule has 1 heterocycles. The molecule has 4 rings (SSSR count). The van der Waals surface area contributed by atoms with Crippen molar-refractivity contribution < 1.29 is 9.13 Å². The number of fused-ring (bicyclic) bond motifs is 4. The molecule has 2 saturated carbocycles. The largest absolute Gasteiger partial charge is 0.487 e. The molecule has 3 heteroatoms. The molecule has 18 heavy (non-hydrogen) atoms. The van der Waals surface area contributed by atoms with Gasteiger partial charge in [-0.3, -0.25) is 0 Å². The van der Waals surface area contributed by atoms with Gasteiger partial charge in [-0.1, -0.05) is 0 Å². The van der Waals surface area contributed by atoms with Crippen molar-refractivity contribution in [1.29, 1.82) is 0 Å². The summed E-state index contributed by atoms with van der Waals surface area (Å²) in [6, 6.07) is 4.67. The average molecular weight is 247 g/mol. The van der Waals surface area contributed by atoms with Gasteiger partial charge < -0.3 is 10.5 Å². The molecular formula is C15H18FNO. The number of rotatable bonds is 0. The minimum absolute atomic E-state index is 0.0484. The fraction of sp³-hybridized carbons (Fsp3) is 0.600. The van der Waals surface area contributed by atoms with E-state index < -0.39 is 0 Å². The highest BCUT2D eigenvalue weighted by Crippen LogP contribution is 2.57. The Hall–Kier alpha value is -1.09.